The fraction of sp³-hybridized carbons (Fsp3) is 0.533. The van der Waals surface area contributed by atoms with Gasteiger partial charge in [0, 0.05) is 19.1 Å². The lowest BCUT2D eigenvalue weighted by Gasteiger charge is -2.34. The Labute approximate surface area is 124 Å². The quantitative estimate of drug-likeness (QED) is 0.855. The fourth-order valence-corrected chi connectivity index (χ4v) is 2.50. The van der Waals surface area contributed by atoms with Gasteiger partial charge in [0.15, 0.2) is 11.5 Å². The minimum Gasteiger partial charge on any atom is -0.493 e. The van der Waals surface area contributed by atoms with E-state index in [0.29, 0.717) is 31.3 Å². The molecule has 0 spiro atoms. The molecule has 0 aromatic heterocycles. The Morgan fingerprint density at radius 1 is 1.38 bits per heavy atom. The van der Waals surface area contributed by atoms with Crippen LogP contribution in [0.1, 0.15) is 12.0 Å². The molecule has 0 aliphatic carbocycles. The highest BCUT2D eigenvalue weighted by Gasteiger charge is 2.25. The number of benzene rings is 1. The predicted octanol–water partition coefficient (Wildman–Crippen LogP) is 1.38. The predicted molar refractivity (Wildman–Crippen MR) is 76.8 cm³/mol. The summed E-state index contributed by atoms with van der Waals surface area (Å²) >= 11 is 0. The van der Waals surface area contributed by atoms with Crippen LogP contribution in [0.3, 0.4) is 0 Å². The molecular formula is C15H21NO5. The van der Waals surface area contributed by atoms with Crippen LogP contribution in [-0.4, -0.2) is 56.0 Å². The van der Waals surface area contributed by atoms with Crippen LogP contribution in [0, 0.1) is 0 Å². The third kappa shape index (κ3) is 4.09. The van der Waals surface area contributed by atoms with Crippen molar-refractivity contribution in [3.05, 3.63) is 23.8 Å². The van der Waals surface area contributed by atoms with Crippen LogP contribution in [0.15, 0.2) is 18.2 Å². The molecule has 0 saturated carbocycles. The van der Waals surface area contributed by atoms with E-state index in [1.807, 2.05) is 18.2 Å². The number of rotatable bonds is 6. The molecule has 1 heterocycles. The summed E-state index contributed by atoms with van der Waals surface area (Å²) in [6, 6.07) is 5.66. The molecule has 6 nitrogen and oxygen atoms in total. The zero-order valence-corrected chi connectivity index (χ0v) is 12.4. The molecule has 21 heavy (non-hydrogen) atoms. The second kappa shape index (κ2) is 7.28. The van der Waals surface area contributed by atoms with E-state index >= 15 is 0 Å². The molecular weight excluding hydrogens is 274 g/mol. The van der Waals surface area contributed by atoms with Gasteiger partial charge >= 0.3 is 5.97 Å². The Bertz CT molecular complexity index is 491. The molecule has 1 N–H and O–H groups in total. The maximum absolute atomic E-state index is 10.9. The summed E-state index contributed by atoms with van der Waals surface area (Å²) < 4.78 is 15.9. The minimum absolute atomic E-state index is 0.0906. The summed E-state index contributed by atoms with van der Waals surface area (Å²) in [5.74, 6) is 0.561. The first kappa shape index (κ1) is 15.6. The van der Waals surface area contributed by atoms with Crippen molar-refractivity contribution in [1.29, 1.82) is 0 Å². The molecule has 0 amide bonds. The minimum atomic E-state index is -0.803. The van der Waals surface area contributed by atoms with Crippen molar-refractivity contribution in [3.8, 4) is 11.5 Å². The van der Waals surface area contributed by atoms with Gasteiger partial charge in [-0.3, -0.25) is 9.69 Å². The number of aliphatic carboxylic acids is 1. The molecule has 6 heteroatoms. The average Bonchev–Trinajstić information content (AvgIpc) is 2.48. The molecule has 1 saturated heterocycles. The van der Waals surface area contributed by atoms with Crippen LogP contribution in [0.5, 0.6) is 11.5 Å². The molecule has 1 aliphatic heterocycles. The van der Waals surface area contributed by atoms with E-state index in [2.05, 4.69) is 4.90 Å². The van der Waals surface area contributed by atoms with Crippen LogP contribution in [0.4, 0.5) is 0 Å². The molecule has 0 bridgehead atoms. The molecule has 1 atom stereocenters. The van der Waals surface area contributed by atoms with E-state index in [9.17, 15) is 4.79 Å². The highest BCUT2D eigenvalue weighted by molar-refractivity contribution is 5.67. The van der Waals surface area contributed by atoms with Crippen molar-refractivity contribution in [2.75, 3.05) is 34.0 Å². The van der Waals surface area contributed by atoms with Gasteiger partial charge in [-0.25, -0.2) is 0 Å². The Balaban J connectivity index is 2.09. The zero-order valence-electron chi connectivity index (χ0n) is 12.4. The normalized spacial score (nSPS) is 19.2. The Kier molecular flexibility index (Phi) is 5.41. The summed E-state index contributed by atoms with van der Waals surface area (Å²) in [5, 5.41) is 8.98. The van der Waals surface area contributed by atoms with Crippen molar-refractivity contribution >= 4 is 5.97 Å². The van der Waals surface area contributed by atoms with Gasteiger partial charge in [-0.1, -0.05) is 6.07 Å². The van der Waals surface area contributed by atoms with Crippen molar-refractivity contribution < 1.29 is 24.1 Å². The van der Waals surface area contributed by atoms with E-state index in [1.54, 1.807) is 14.2 Å². The number of carboxylic acid groups (broad SMARTS) is 1. The average molecular weight is 295 g/mol. The highest BCUT2D eigenvalue weighted by Crippen LogP contribution is 2.28. The topological polar surface area (TPSA) is 68.2 Å². The van der Waals surface area contributed by atoms with Crippen molar-refractivity contribution in [1.82, 2.24) is 4.90 Å². The van der Waals surface area contributed by atoms with Crippen LogP contribution in [0.25, 0.3) is 0 Å². The molecule has 1 unspecified atom stereocenters. The Morgan fingerprint density at radius 2 is 2.14 bits per heavy atom. The number of hydrogen-bond donors (Lipinski definition) is 1. The number of methoxy groups -OCH3 is 2. The first-order valence-electron chi connectivity index (χ1n) is 6.88. The van der Waals surface area contributed by atoms with Gasteiger partial charge < -0.3 is 19.3 Å². The van der Waals surface area contributed by atoms with Gasteiger partial charge in [0.25, 0.3) is 0 Å². The lowest BCUT2D eigenvalue weighted by Crippen LogP contribution is -2.45. The van der Waals surface area contributed by atoms with Gasteiger partial charge in [0.1, 0.15) is 0 Å². The number of ether oxygens (including phenoxy) is 3. The first-order chi connectivity index (χ1) is 10.1. The number of nitrogens with zero attached hydrogens (tertiary/aromatic N) is 1. The maximum atomic E-state index is 10.9. The van der Waals surface area contributed by atoms with Crippen LogP contribution < -0.4 is 9.47 Å². The number of carboxylic acids is 1. The maximum Gasteiger partial charge on any atom is 0.305 e. The van der Waals surface area contributed by atoms with Gasteiger partial charge in [0.2, 0.25) is 0 Å². The Morgan fingerprint density at radius 3 is 2.81 bits per heavy atom. The summed E-state index contributed by atoms with van der Waals surface area (Å²) in [7, 11) is 3.20. The smallest absolute Gasteiger partial charge is 0.305 e. The summed E-state index contributed by atoms with van der Waals surface area (Å²) in [6.07, 6.45) is 0.0906. The van der Waals surface area contributed by atoms with E-state index in [1.165, 1.54) is 0 Å². The van der Waals surface area contributed by atoms with E-state index < -0.39 is 5.97 Å². The molecule has 1 aromatic carbocycles. The van der Waals surface area contributed by atoms with Crippen molar-refractivity contribution in [2.45, 2.75) is 19.0 Å². The third-order valence-corrected chi connectivity index (χ3v) is 3.59. The van der Waals surface area contributed by atoms with E-state index in [-0.39, 0.29) is 12.5 Å². The molecule has 0 radical (unpaired) electrons. The van der Waals surface area contributed by atoms with Gasteiger partial charge in [-0.2, -0.15) is 0 Å². The number of carbonyl (C=O) groups is 1. The van der Waals surface area contributed by atoms with Crippen LogP contribution in [-0.2, 0) is 16.1 Å². The molecule has 2 rings (SSSR count). The Hall–Kier alpha value is -1.79. The van der Waals surface area contributed by atoms with Gasteiger partial charge in [-0.15, -0.1) is 0 Å². The second-order valence-corrected chi connectivity index (χ2v) is 4.99. The largest absolute Gasteiger partial charge is 0.493 e. The third-order valence-electron chi connectivity index (χ3n) is 3.59. The summed E-state index contributed by atoms with van der Waals surface area (Å²) in [5.41, 5.74) is 1.06. The lowest BCUT2D eigenvalue weighted by molar-refractivity contribution is -0.140. The summed E-state index contributed by atoms with van der Waals surface area (Å²) in [6.45, 7) is 2.48. The van der Waals surface area contributed by atoms with Crippen molar-refractivity contribution in [3.63, 3.8) is 0 Å². The zero-order chi connectivity index (χ0) is 15.2. The molecule has 116 valence electrons. The SMILES string of the molecule is COc1ccc(CN2CCOCC2CC(=O)O)cc1OC. The van der Waals surface area contributed by atoms with Gasteiger partial charge in [-0.05, 0) is 17.7 Å². The summed E-state index contributed by atoms with van der Waals surface area (Å²) in [4.78, 5) is 13.1. The van der Waals surface area contributed by atoms with Crippen LogP contribution in [0.2, 0.25) is 0 Å². The highest BCUT2D eigenvalue weighted by atomic mass is 16.5. The first-order valence-corrected chi connectivity index (χ1v) is 6.88. The second-order valence-electron chi connectivity index (χ2n) is 4.99. The fourth-order valence-electron chi connectivity index (χ4n) is 2.50. The van der Waals surface area contributed by atoms with E-state index in [4.69, 9.17) is 19.3 Å². The van der Waals surface area contributed by atoms with Crippen LogP contribution >= 0.6 is 0 Å². The van der Waals surface area contributed by atoms with E-state index in [0.717, 1.165) is 12.1 Å². The number of hydrogen-bond acceptors (Lipinski definition) is 5. The molecule has 1 fully saturated rings. The standard InChI is InChI=1S/C15H21NO5/c1-19-13-4-3-11(7-14(13)20-2)9-16-5-6-21-10-12(16)8-15(17)18/h3-4,7,12H,5-6,8-10H2,1-2H3,(H,17,18). The molecule has 1 aromatic rings. The van der Waals surface area contributed by atoms with Crippen molar-refractivity contribution in [2.24, 2.45) is 0 Å². The molecule has 1 aliphatic rings. The number of morpholine rings is 1. The lowest BCUT2D eigenvalue weighted by atomic mass is 10.1. The van der Waals surface area contributed by atoms with Gasteiger partial charge in [0.05, 0.1) is 33.9 Å². The monoisotopic (exact) mass is 295 g/mol.